The molecule has 1 aliphatic rings. The summed E-state index contributed by atoms with van der Waals surface area (Å²) in [5, 5.41) is 11.2. The van der Waals surface area contributed by atoms with Crippen LogP contribution >= 0.6 is 11.3 Å². The van der Waals surface area contributed by atoms with Gasteiger partial charge in [0.05, 0.1) is 28.1 Å². The fourth-order valence-corrected chi connectivity index (χ4v) is 4.97. The third kappa shape index (κ3) is 3.22. The van der Waals surface area contributed by atoms with Crippen molar-refractivity contribution in [1.82, 2.24) is 4.98 Å². The highest BCUT2D eigenvalue weighted by Gasteiger charge is 2.46. The third-order valence-corrected chi connectivity index (χ3v) is 6.66. The Morgan fingerprint density at radius 2 is 1.97 bits per heavy atom. The Kier molecular flexibility index (Phi) is 4.90. The zero-order valence-electron chi connectivity index (χ0n) is 17.5. The van der Waals surface area contributed by atoms with E-state index in [0.29, 0.717) is 10.7 Å². The number of furan rings is 1. The molecule has 0 fully saturated rings. The SMILES string of the molecule is CCc1ccc2nc(N3C(=O)C(O)=C(C(=O)c4ccco4)[C@H]3c3ccc(C)cc3)sc2c1. The number of aryl methyl sites for hydroxylation is 2. The van der Waals surface area contributed by atoms with Crippen molar-refractivity contribution >= 4 is 38.4 Å². The average Bonchev–Trinajstić information content (AvgIpc) is 3.52. The number of aliphatic hydroxyl groups excluding tert-OH is 1. The molecule has 1 amide bonds. The van der Waals surface area contributed by atoms with E-state index >= 15 is 0 Å². The number of carbonyl (C=O) groups is 2. The van der Waals surface area contributed by atoms with Crippen LogP contribution < -0.4 is 4.90 Å². The lowest BCUT2D eigenvalue weighted by atomic mass is 9.94. The molecule has 1 aliphatic heterocycles. The zero-order valence-corrected chi connectivity index (χ0v) is 18.3. The van der Waals surface area contributed by atoms with Crippen LogP contribution in [-0.2, 0) is 11.2 Å². The quantitative estimate of drug-likeness (QED) is 0.409. The molecule has 1 N–H and O–H groups in total. The summed E-state index contributed by atoms with van der Waals surface area (Å²) in [6, 6.07) is 15.8. The second-order valence-corrected chi connectivity index (χ2v) is 8.72. The molecule has 5 rings (SSSR count). The van der Waals surface area contributed by atoms with Crippen molar-refractivity contribution in [2.24, 2.45) is 0 Å². The molecular weight excluding hydrogens is 424 g/mol. The molecule has 6 nitrogen and oxygen atoms in total. The fraction of sp³-hybridized carbons (Fsp3) is 0.160. The van der Waals surface area contributed by atoms with E-state index in [2.05, 4.69) is 18.0 Å². The van der Waals surface area contributed by atoms with Gasteiger partial charge in [0.15, 0.2) is 16.7 Å². The van der Waals surface area contributed by atoms with Crippen molar-refractivity contribution in [3.05, 3.63) is 94.6 Å². The topological polar surface area (TPSA) is 83.6 Å². The van der Waals surface area contributed by atoms with Gasteiger partial charge in [-0.1, -0.05) is 54.2 Å². The monoisotopic (exact) mass is 444 g/mol. The van der Waals surface area contributed by atoms with Crippen molar-refractivity contribution in [2.75, 3.05) is 4.90 Å². The number of rotatable bonds is 5. The van der Waals surface area contributed by atoms with Gasteiger partial charge in [-0.15, -0.1) is 0 Å². The number of nitrogens with zero attached hydrogens (tertiary/aromatic N) is 2. The summed E-state index contributed by atoms with van der Waals surface area (Å²) >= 11 is 1.36. The van der Waals surface area contributed by atoms with Crippen LogP contribution in [0.3, 0.4) is 0 Å². The van der Waals surface area contributed by atoms with Crippen molar-refractivity contribution < 1.29 is 19.1 Å². The summed E-state index contributed by atoms with van der Waals surface area (Å²) in [5.74, 6) is -1.69. The van der Waals surface area contributed by atoms with E-state index in [-0.39, 0.29) is 11.3 Å². The first kappa shape index (κ1) is 20.2. The van der Waals surface area contributed by atoms with E-state index in [1.54, 1.807) is 6.07 Å². The molecule has 0 aliphatic carbocycles. The standard InChI is InChI=1S/C25H20N2O4S/c1-3-15-8-11-17-19(13-15)32-25(26-17)27-21(16-9-6-14(2)7-10-16)20(23(29)24(27)30)22(28)18-5-4-12-31-18/h4-13,21,29H,3H2,1-2H3/t21-/m1/s1. The average molecular weight is 445 g/mol. The Hall–Kier alpha value is -3.71. The Balaban J connectivity index is 1.67. The first-order chi connectivity index (χ1) is 15.5. The normalized spacial score (nSPS) is 16.4. The lowest BCUT2D eigenvalue weighted by Gasteiger charge is -2.24. The van der Waals surface area contributed by atoms with Crippen LogP contribution in [-0.4, -0.2) is 21.8 Å². The highest BCUT2D eigenvalue weighted by Crippen LogP contribution is 2.44. The molecule has 1 atom stereocenters. The predicted octanol–water partition coefficient (Wildman–Crippen LogP) is 5.54. The molecule has 32 heavy (non-hydrogen) atoms. The molecule has 4 aromatic rings. The summed E-state index contributed by atoms with van der Waals surface area (Å²) in [4.78, 5) is 32.5. The van der Waals surface area contributed by atoms with Gasteiger partial charge in [-0.25, -0.2) is 4.98 Å². The lowest BCUT2D eigenvalue weighted by Crippen LogP contribution is -2.30. The number of Topliss-reactive ketones (excluding diaryl/α,β-unsaturated/α-hetero) is 1. The number of ketones is 1. The maximum atomic E-state index is 13.2. The van der Waals surface area contributed by atoms with E-state index in [0.717, 1.165) is 22.2 Å². The molecule has 0 radical (unpaired) electrons. The molecule has 0 saturated carbocycles. The van der Waals surface area contributed by atoms with Gasteiger partial charge in [0.25, 0.3) is 5.91 Å². The molecule has 0 saturated heterocycles. The van der Waals surface area contributed by atoms with Gasteiger partial charge >= 0.3 is 0 Å². The summed E-state index contributed by atoms with van der Waals surface area (Å²) < 4.78 is 6.22. The first-order valence-electron chi connectivity index (χ1n) is 10.3. The Morgan fingerprint density at radius 1 is 1.19 bits per heavy atom. The summed E-state index contributed by atoms with van der Waals surface area (Å²) in [6.45, 7) is 4.04. The Morgan fingerprint density at radius 3 is 2.66 bits per heavy atom. The number of hydrogen-bond acceptors (Lipinski definition) is 6. The maximum absolute atomic E-state index is 13.2. The highest BCUT2D eigenvalue weighted by atomic mass is 32.1. The van der Waals surface area contributed by atoms with E-state index in [1.165, 1.54) is 34.1 Å². The number of anilines is 1. The second kappa shape index (κ2) is 7.76. The van der Waals surface area contributed by atoms with E-state index in [1.807, 2.05) is 43.3 Å². The van der Waals surface area contributed by atoms with Gasteiger partial charge in [-0.3, -0.25) is 14.5 Å². The Labute approximate surface area is 188 Å². The van der Waals surface area contributed by atoms with Crippen LogP contribution in [0.5, 0.6) is 0 Å². The molecule has 0 unspecified atom stereocenters. The second-order valence-electron chi connectivity index (χ2n) is 7.71. The third-order valence-electron chi connectivity index (χ3n) is 5.65. The number of aromatic nitrogens is 1. The van der Waals surface area contributed by atoms with Crippen molar-refractivity contribution in [3.63, 3.8) is 0 Å². The van der Waals surface area contributed by atoms with Crippen molar-refractivity contribution in [3.8, 4) is 0 Å². The number of amides is 1. The molecule has 160 valence electrons. The molecule has 7 heteroatoms. The number of hydrogen-bond donors (Lipinski definition) is 1. The summed E-state index contributed by atoms with van der Waals surface area (Å²) in [5.41, 5.74) is 3.68. The molecule has 2 aromatic carbocycles. The van der Waals surface area contributed by atoms with E-state index < -0.39 is 23.5 Å². The number of benzene rings is 2. The zero-order chi connectivity index (χ0) is 22.4. The summed E-state index contributed by atoms with van der Waals surface area (Å²) in [7, 11) is 0. The molecule has 3 heterocycles. The number of carbonyl (C=O) groups excluding carboxylic acids is 2. The van der Waals surface area contributed by atoms with Crippen LogP contribution in [0.25, 0.3) is 10.2 Å². The van der Waals surface area contributed by atoms with Gasteiger partial charge in [0.1, 0.15) is 0 Å². The lowest BCUT2D eigenvalue weighted by molar-refractivity contribution is -0.117. The smallest absolute Gasteiger partial charge is 0.296 e. The van der Waals surface area contributed by atoms with Crippen LogP contribution in [0.2, 0.25) is 0 Å². The van der Waals surface area contributed by atoms with Gasteiger partial charge in [-0.2, -0.15) is 0 Å². The van der Waals surface area contributed by atoms with Crippen molar-refractivity contribution in [1.29, 1.82) is 0 Å². The molecular formula is C25H20N2O4S. The summed E-state index contributed by atoms with van der Waals surface area (Å²) in [6.07, 6.45) is 2.28. The van der Waals surface area contributed by atoms with E-state index in [4.69, 9.17) is 4.42 Å². The van der Waals surface area contributed by atoms with Gasteiger partial charge in [0.2, 0.25) is 5.78 Å². The molecule has 0 bridgehead atoms. The Bertz CT molecular complexity index is 1370. The number of fused-ring (bicyclic) bond motifs is 1. The number of thiazole rings is 1. The molecule has 2 aromatic heterocycles. The molecule has 0 spiro atoms. The minimum absolute atomic E-state index is 0.0118. The van der Waals surface area contributed by atoms with Crippen LogP contribution in [0, 0.1) is 6.92 Å². The maximum Gasteiger partial charge on any atom is 0.296 e. The van der Waals surface area contributed by atoms with Gasteiger partial charge in [-0.05, 0) is 48.7 Å². The van der Waals surface area contributed by atoms with Crippen LogP contribution in [0.1, 0.15) is 40.2 Å². The number of aliphatic hydroxyl groups is 1. The minimum Gasteiger partial charge on any atom is -0.503 e. The minimum atomic E-state index is -0.813. The van der Waals surface area contributed by atoms with Crippen LogP contribution in [0.4, 0.5) is 5.13 Å². The predicted molar refractivity (Wildman–Crippen MR) is 123 cm³/mol. The van der Waals surface area contributed by atoms with Crippen LogP contribution in [0.15, 0.2) is 76.6 Å². The fourth-order valence-electron chi connectivity index (χ4n) is 3.92. The largest absolute Gasteiger partial charge is 0.503 e. The van der Waals surface area contributed by atoms with Crippen molar-refractivity contribution in [2.45, 2.75) is 26.3 Å². The van der Waals surface area contributed by atoms with Gasteiger partial charge in [0, 0.05) is 0 Å². The van der Waals surface area contributed by atoms with E-state index in [9.17, 15) is 14.7 Å². The first-order valence-corrected chi connectivity index (χ1v) is 11.1. The highest BCUT2D eigenvalue weighted by molar-refractivity contribution is 7.22. The van der Waals surface area contributed by atoms with Gasteiger partial charge < -0.3 is 9.52 Å².